The Bertz CT molecular complexity index is 1040. The first-order valence-electron chi connectivity index (χ1n) is 9.47. The highest BCUT2D eigenvalue weighted by molar-refractivity contribution is 7.80. The summed E-state index contributed by atoms with van der Waals surface area (Å²) in [5.41, 5.74) is 1.77. The third-order valence-corrected chi connectivity index (χ3v) is 5.63. The molecule has 3 aromatic rings. The van der Waals surface area contributed by atoms with Crippen LogP contribution in [0.3, 0.4) is 0 Å². The zero-order chi connectivity index (χ0) is 21.1. The van der Waals surface area contributed by atoms with Gasteiger partial charge in [-0.1, -0.05) is 17.7 Å². The summed E-state index contributed by atoms with van der Waals surface area (Å²) < 4.78 is 11.0. The van der Waals surface area contributed by atoms with Crippen LogP contribution in [0, 0.1) is 0 Å². The van der Waals surface area contributed by atoms with E-state index in [4.69, 9.17) is 33.0 Å². The maximum Gasteiger partial charge on any atom is 0.307 e. The number of pyridine rings is 1. The largest absolute Gasteiger partial charge is 0.469 e. The molecule has 0 bridgehead atoms. The van der Waals surface area contributed by atoms with Crippen molar-refractivity contribution in [2.75, 3.05) is 13.7 Å². The topological polar surface area (TPSA) is 67.6 Å². The molecule has 1 fully saturated rings. The summed E-state index contributed by atoms with van der Waals surface area (Å²) in [5.74, 6) is 1.17. The van der Waals surface area contributed by atoms with Gasteiger partial charge < -0.3 is 19.4 Å². The molecule has 0 aliphatic carbocycles. The van der Waals surface area contributed by atoms with Gasteiger partial charge in [-0.2, -0.15) is 0 Å². The van der Waals surface area contributed by atoms with Gasteiger partial charge in [-0.25, -0.2) is 0 Å². The lowest BCUT2D eigenvalue weighted by Crippen LogP contribution is -2.31. The van der Waals surface area contributed by atoms with Crippen LogP contribution < -0.4 is 5.32 Å². The number of benzene rings is 1. The third kappa shape index (κ3) is 4.17. The molecule has 1 N–H and O–H groups in total. The molecule has 1 aliphatic heterocycles. The Balaban J connectivity index is 1.68. The van der Waals surface area contributed by atoms with Crippen LogP contribution in [-0.2, 0) is 9.53 Å². The zero-order valence-corrected chi connectivity index (χ0v) is 17.8. The number of hydrogen-bond acceptors (Lipinski definition) is 5. The molecule has 0 saturated carbocycles. The van der Waals surface area contributed by atoms with E-state index in [-0.39, 0.29) is 24.5 Å². The Labute approximate surface area is 184 Å². The second-order valence-electron chi connectivity index (χ2n) is 6.86. The van der Waals surface area contributed by atoms with Crippen LogP contribution in [0.4, 0.5) is 0 Å². The van der Waals surface area contributed by atoms with Crippen molar-refractivity contribution < 1.29 is 13.9 Å². The van der Waals surface area contributed by atoms with Crippen LogP contribution in [-0.4, -0.2) is 34.6 Å². The van der Waals surface area contributed by atoms with Gasteiger partial charge in [-0.3, -0.25) is 9.78 Å². The number of furan rings is 1. The van der Waals surface area contributed by atoms with Crippen molar-refractivity contribution in [1.82, 2.24) is 15.2 Å². The lowest BCUT2D eigenvalue weighted by molar-refractivity contribution is -0.140. The van der Waals surface area contributed by atoms with E-state index in [2.05, 4.69) is 10.3 Å². The van der Waals surface area contributed by atoms with E-state index in [1.54, 1.807) is 6.20 Å². The van der Waals surface area contributed by atoms with Gasteiger partial charge in [0.25, 0.3) is 0 Å². The second kappa shape index (κ2) is 8.85. The molecule has 0 radical (unpaired) electrons. The monoisotopic (exact) mass is 441 g/mol. The first-order valence-corrected chi connectivity index (χ1v) is 10.3. The molecule has 2 aromatic heterocycles. The maximum atomic E-state index is 11.7. The Hall–Kier alpha value is -2.90. The fourth-order valence-corrected chi connectivity index (χ4v) is 4.01. The van der Waals surface area contributed by atoms with E-state index in [0.29, 0.717) is 16.7 Å². The third-order valence-electron chi connectivity index (χ3n) is 5.03. The highest BCUT2D eigenvalue weighted by Gasteiger charge is 2.41. The molecule has 6 nitrogen and oxygen atoms in total. The highest BCUT2D eigenvalue weighted by atomic mass is 35.5. The number of nitrogens with one attached hydrogen (secondary N) is 1. The zero-order valence-electron chi connectivity index (χ0n) is 16.2. The summed E-state index contributed by atoms with van der Waals surface area (Å²) in [7, 11) is 1.38. The molecule has 30 heavy (non-hydrogen) atoms. The SMILES string of the molecule is COC(=O)CCN1C(=S)N[C@@H](c2ccccn2)[C@H]1c1ccc(-c2ccc(Cl)cc2)o1. The normalized spacial score (nSPS) is 18.3. The van der Waals surface area contributed by atoms with Crippen LogP contribution >= 0.6 is 23.8 Å². The maximum absolute atomic E-state index is 11.7. The minimum absolute atomic E-state index is 0.208. The number of esters is 1. The van der Waals surface area contributed by atoms with Crippen molar-refractivity contribution >= 4 is 34.9 Å². The van der Waals surface area contributed by atoms with Gasteiger partial charge in [0.05, 0.1) is 25.3 Å². The predicted octanol–water partition coefficient (Wildman–Crippen LogP) is 4.53. The minimum atomic E-state index is -0.292. The summed E-state index contributed by atoms with van der Waals surface area (Å²) in [4.78, 5) is 18.2. The quantitative estimate of drug-likeness (QED) is 0.445. The second-order valence-corrected chi connectivity index (χ2v) is 7.68. The molecule has 0 amide bonds. The lowest BCUT2D eigenvalue weighted by atomic mass is 10.0. The van der Waals surface area contributed by atoms with Crippen molar-refractivity contribution in [3.8, 4) is 11.3 Å². The smallest absolute Gasteiger partial charge is 0.307 e. The number of rotatable bonds is 6. The number of carbonyl (C=O) groups is 1. The molecule has 8 heteroatoms. The molecular weight excluding hydrogens is 422 g/mol. The summed E-state index contributed by atoms with van der Waals surface area (Å²) in [6.45, 7) is 0.406. The van der Waals surface area contributed by atoms with Gasteiger partial charge in [0.2, 0.25) is 0 Å². The molecule has 0 unspecified atom stereocenters. The standard InChI is InChI=1S/C22H20ClN3O3S/c1-28-19(27)11-13-26-21(20(25-22(26)30)16-4-2-3-12-24-16)18-10-9-17(29-18)14-5-7-15(23)8-6-14/h2-10,12,20-21H,11,13H2,1H3,(H,25,30)/t20-,21+/m0/s1. The first kappa shape index (κ1) is 20.4. The van der Waals surface area contributed by atoms with Crippen LogP contribution in [0.2, 0.25) is 5.02 Å². The van der Waals surface area contributed by atoms with Crippen molar-refractivity contribution in [1.29, 1.82) is 0 Å². The van der Waals surface area contributed by atoms with Gasteiger partial charge in [0.1, 0.15) is 17.6 Å². The Kier molecular flexibility index (Phi) is 6.01. The number of ether oxygens (including phenoxy) is 1. The van der Waals surface area contributed by atoms with Gasteiger partial charge in [-0.05, 0) is 60.7 Å². The van der Waals surface area contributed by atoms with E-state index < -0.39 is 0 Å². The molecule has 4 rings (SSSR count). The van der Waals surface area contributed by atoms with Crippen LogP contribution in [0.1, 0.15) is 30.0 Å². The average Bonchev–Trinajstić information content (AvgIpc) is 3.37. The molecule has 0 spiro atoms. The molecule has 2 atom stereocenters. The molecule has 3 heterocycles. The number of thiocarbonyl (C=S) groups is 1. The first-order chi connectivity index (χ1) is 14.6. The number of nitrogens with zero attached hydrogens (tertiary/aromatic N) is 2. The minimum Gasteiger partial charge on any atom is -0.469 e. The molecule has 1 aliphatic rings. The number of hydrogen-bond donors (Lipinski definition) is 1. The summed E-state index contributed by atoms with van der Waals surface area (Å²) in [5, 5.41) is 4.54. The molecule has 154 valence electrons. The average molecular weight is 442 g/mol. The lowest BCUT2D eigenvalue weighted by Gasteiger charge is -2.25. The number of aromatic nitrogens is 1. The van der Waals surface area contributed by atoms with Crippen molar-refractivity contribution in [2.45, 2.75) is 18.5 Å². The number of carbonyl (C=O) groups excluding carboxylic acids is 1. The molecule has 1 aromatic carbocycles. The van der Waals surface area contributed by atoms with Crippen molar-refractivity contribution in [2.24, 2.45) is 0 Å². The fourth-order valence-electron chi connectivity index (χ4n) is 3.55. The highest BCUT2D eigenvalue weighted by Crippen LogP contribution is 2.40. The van der Waals surface area contributed by atoms with E-state index in [1.165, 1.54) is 7.11 Å². The predicted molar refractivity (Wildman–Crippen MR) is 118 cm³/mol. The summed E-state index contributed by atoms with van der Waals surface area (Å²) in [6, 6.07) is 16.6. The molecule has 1 saturated heterocycles. The number of halogens is 1. The van der Waals surface area contributed by atoms with Gasteiger partial charge in [0.15, 0.2) is 5.11 Å². The van der Waals surface area contributed by atoms with Gasteiger partial charge in [0, 0.05) is 23.3 Å². The number of methoxy groups -OCH3 is 1. The van der Waals surface area contributed by atoms with E-state index >= 15 is 0 Å². The van der Waals surface area contributed by atoms with Crippen LogP contribution in [0.5, 0.6) is 0 Å². The molecular formula is C22H20ClN3O3S. The van der Waals surface area contributed by atoms with Gasteiger partial charge in [-0.15, -0.1) is 0 Å². The van der Waals surface area contributed by atoms with E-state index in [1.807, 2.05) is 59.5 Å². The summed E-state index contributed by atoms with van der Waals surface area (Å²) >= 11 is 11.6. The van der Waals surface area contributed by atoms with Crippen molar-refractivity contribution in [3.05, 3.63) is 77.3 Å². The Morgan fingerprint density at radius 1 is 1.23 bits per heavy atom. The Morgan fingerprint density at radius 3 is 2.73 bits per heavy atom. The van der Waals surface area contributed by atoms with Crippen molar-refractivity contribution in [3.63, 3.8) is 0 Å². The van der Waals surface area contributed by atoms with Crippen LogP contribution in [0.15, 0.2) is 65.2 Å². The fraction of sp³-hybridized carbons (Fsp3) is 0.227. The summed E-state index contributed by atoms with van der Waals surface area (Å²) in [6.07, 6.45) is 1.96. The van der Waals surface area contributed by atoms with Crippen LogP contribution in [0.25, 0.3) is 11.3 Å². The van der Waals surface area contributed by atoms with Gasteiger partial charge >= 0.3 is 5.97 Å². The van der Waals surface area contributed by atoms with E-state index in [9.17, 15) is 4.79 Å². The van der Waals surface area contributed by atoms with E-state index in [0.717, 1.165) is 22.8 Å². The Morgan fingerprint density at radius 2 is 2.03 bits per heavy atom.